The lowest BCUT2D eigenvalue weighted by molar-refractivity contribution is -0.134. The maximum Gasteiger partial charge on any atom is 0.296 e. The summed E-state index contributed by atoms with van der Waals surface area (Å²) >= 11 is 0. The summed E-state index contributed by atoms with van der Waals surface area (Å²) in [5, 5.41) is 0.148. The Kier molecular flexibility index (Phi) is 4.96. The normalized spacial score (nSPS) is 12.6. The smallest absolute Gasteiger partial charge is 0.296 e. The number of benzene rings is 1. The minimum atomic E-state index is -1.66. The molecule has 0 aliphatic carbocycles. The van der Waals surface area contributed by atoms with Crippen molar-refractivity contribution in [1.82, 2.24) is 0 Å². The Balaban J connectivity index is 2.73. The summed E-state index contributed by atoms with van der Waals surface area (Å²) in [5.74, 6) is -0.0901. The van der Waals surface area contributed by atoms with Gasteiger partial charge in [0.2, 0.25) is 9.04 Å². The third-order valence-corrected chi connectivity index (χ3v) is 6.66. The van der Waals surface area contributed by atoms with Crippen LogP contribution >= 0.6 is 0 Å². The molecule has 3 heteroatoms. The van der Waals surface area contributed by atoms with Gasteiger partial charge >= 0.3 is 0 Å². The summed E-state index contributed by atoms with van der Waals surface area (Å²) in [7, 11) is -1.66. The fraction of sp³-hybridized carbons (Fsp3) is 0.562. The van der Waals surface area contributed by atoms with Crippen LogP contribution in [0.1, 0.15) is 47.1 Å². The maximum absolute atomic E-state index is 12.1. The van der Waals surface area contributed by atoms with Gasteiger partial charge in [0.1, 0.15) is 0 Å². The van der Waals surface area contributed by atoms with Gasteiger partial charge in [-0.2, -0.15) is 0 Å². The predicted octanol–water partition coefficient (Wildman–Crippen LogP) is 4.10. The second-order valence-electron chi connectivity index (χ2n) is 7.26. The van der Waals surface area contributed by atoms with Gasteiger partial charge in [-0.15, -0.1) is 0 Å². The Morgan fingerprint density at radius 3 is 1.89 bits per heavy atom. The predicted molar refractivity (Wildman–Crippen MR) is 82.8 cm³/mol. The molecule has 0 saturated heterocycles. The molecular formula is C16H26O2Si. The number of hydrogen-bond acceptors (Lipinski definition) is 2. The first-order valence-corrected chi connectivity index (χ1v) is 8.47. The fourth-order valence-electron chi connectivity index (χ4n) is 2.59. The molecule has 0 radical (unpaired) electrons. The van der Waals surface area contributed by atoms with Crippen molar-refractivity contribution in [2.75, 3.05) is 0 Å². The van der Waals surface area contributed by atoms with E-state index in [9.17, 15) is 4.79 Å². The molecule has 0 bridgehead atoms. The van der Waals surface area contributed by atoms with E-state index < -0.39 is 9.04 Å². The molecule has 0 aliphatic rings. The van der Waals surface area contributed by atoms with E-state index in [0.29, 0.717) is 6.42 Å². The number of rotatable bonds is 3. The first-order valence-electron chi connectivity index (χ1n) is 6.84. The number of carbonyl (C=O) groups excluding carboxylic acids is 1. The van der Waals surface area contributed by atoms with Crippen LogP contribution in [-0.4, -0.2) is 15.0 Å². The van der Waals surface area contributed by atoms with Crippen LogP contribution in [0, 0.1) is 0 Å². The summed E-state index contributed by atoms with van der Waals surface area (Å²) in [5.41, 5.74) is 1.02. The van der Waals surface area contributed by atoms with Crippen LogP contribution in [0.2, 0.25) is 10.1 Å². The van der Waals surface area contributed by atoms with Crippen molar-refractivity contribution in [3.63, 3.8) is 0 Å². The van der Waals surface area contributed by atoms with Gasteiger partial charge in [0, 0.05) is 0 Å². The lowest BCUT2D eigenvalue weighted by Gasteiger charge is -2.37. The molecule has 0 atom stereocenters. The van der Waals surface area contributed by atoms with Crippen LogP contribution in [-0.2, 0) is 15.6 Å². The highest BCUT2D eigenvalue weighted by Crippen LogP contribution is 2.42. The molecule has 19 heavy (non-hydrogen) atoms. The summed E-state index contributed by atoms with van der Waals surface area (Å²) in [6, 6.07) is 9.78. The SMILES string of the molecule is CC(C)(C)[SiH](OC(=O)Cc1ccccc1)C(C)(C)C. The van der Waals surface area contributed by atoms with E-state index >= 15 is 0 Å². The van der Waals surface area contributed by atoms with E-state index in [4.69, 9.17) is 4.43 Å². The average Bonchev–Trinajstić information content (AvgIpc) is 2.24. The van der Waals surface area contributed by atoms with Gasteiger partial charge in [-0.25, -0.2) is 0 Å². The van der Waals surface area contributed by atoms with Gasteiger partial charge in [-0.05, 0) is 15.6 Å². The zero-order chi connectivity index (χ0) is 14.7. The largest absolute Gasteiger partial charge is 0.521 e. The molecule has 2 nitrogen and oxygen atoms in total. The fourth-order valence-corrected chi connectivity index (χ4v) is 6.24. The maximum atomic E-state index is 12.1. The quantitative estimate of drug-likeness (QED) is 0.778. The Morgan fingerprint density at radius 1 is 1.00 bits per heavy atom. The minimum absolute atomic E-state index is 0.0740. The van der Waals surface area contributed by atoms with Gasteiger partial charge < -0.3 is 4.43 Å². The first-order chi connectivity index (χ1) is 8.60. The van der Waals surface area contributed by atoms with Crippen molar-refractivity contribution in [3.05, 3.63) is 35.9 Å². The van der Waals surface area contributed by atoms with Gasteiger partial charge in [-0.1, -0.05) is 71.9 Å². The van der Waals surface area contributed by atoms with E-state index in [1.165, 1.54) is 0 Å². The molecule has 0 saturated carbocycles. The molecule has 1 rings (SSSR count). The summed E-state index contributed by atoms with van der Waals surface area (Å²) in [6.45, 7) is 13.0. The highest BCUT2D eigenvalue weighted by atomic mass is 28.3. The van der Waals surface area contributed by atoms with Crippen molar-refractivity contribution in [3.8, 4) is 0 Å². The summed E-state index contributed by atoms with van der Waals surface area (Å²) < 4.78 is 5.88. The van der Waals surface area contributed by atoms with E-state index in [1.807, 2.05) is 30.3 Å². The van der Waals surface area contributed by atoms with Gasteiger partial charge in [0.05, 0.1) is 6.42 Å². The molecular weight excluding hydrogens is 252 g/mol. The molecule has 0 spiro atoms. The molecule has 1 aromatic carbocycles. The Labute approximate surface area is 118 Å². The van der Waals surface area contributed by atoms with E-state index in [0.717, 1.165) is 5.56 Å². The summed E-state index contributed by atoms with van der Waals surface area (Å²) in [4.78, 5) is 12.1. The van der Waals surface area contributed by atoms with Crippen molar-refractivity contribution >= 4 is 15.0 Å². The van der Waals surface area contributed by atoms with E-state index in [1.54, 1.807) is 0 Å². The Hall–Kier alpha value is -1.09. The van der Waals surface area contributed by atoms with Crippen molar-refractivity contribution in [2.45, 2.75) is 58.0 Å². The van der Waals surface area contributed by atoms with E-state index in [-0.39, 0.29) is 16.0 Å². The van der Waals surface area contributed by atoms with Crippen molar-refractivity contribution in [2.24, 2.45) is 0 Å². The highest BCUT2D eigenvalue weighted by molar-refractivity contribution is 6.60. The minimum Gasteiger partial charge on any atom is -0.521 e. The molecule has 0 aliphatic heterocycles. The molecule has 0 fully saturated rings. The Morgan fingerprint density at radius 2 is 1.47 bits per heavy atom. The van der Waals surface area contributed by atoms with Crippen LogP contribution in [0.15, 0.2) is 30.3 Å². The van der Waals surface area contributed by atoms with Gasteiger partial charge in [-0.3, -0.25) is 4.79 Å². The Bertz CT molecular complexity index is 399. The molecule has 0 amide bonds. The molecule has 106 valence electrons. The monoisotopic (exact) mass is 278 g/mol. The third-order valence-electron chi connectivity index (χ3n) is 3.01. The van der Waals surface area contributed by atoms with Gasteiger partial charge in [0.15, 0.2) is 0 Å². The third kappa shape index (κ3) is 5.19. The van der Waals surface area contributed by atoms with Crippen LogP contribution in [0.3, 0.4) is 0 Å². The lowest BCUT2D eigenvalue weighted by atomic mass is 10.2. The first kappa shape index (κ1) is 16.0. The lowest BCUT2D eigenvalue weighted by Crippen LogP contribution is -2.40. The van der Waals surface area contributed by atoms with Crippen LogP contribution in [0.25, 0.3) is 0 Å². The number of hydrogen-bond donors (Lipinski definition) is 0. The average molecular weight is 278 g/mol. The summed E-state index contributed by atoms with van der Waals surface area (Å²) in [6.07, 6.45) is 0.372. The molecule has 0 N–H and O–H groups in total. The van der Waals surface area contributed by atoms with Crippen LogP contribution in [0.4, 0.5) is 0 Å². The highest BCUT2D eigenvalue weighted by Gasteiger charge is 2.40. The standard InChI is InChI=1S/C16H26O2Si/c1-15(2,3)19(16(4,5)6)18-14(17)12-13-10-8-7-9-11-13/h7-11,19H,12H2,1-6H3. The molecule has 1 aromatic rings. The zero-order valence-corrected chi connectivity index (χ0v) is 14.1. The van der Waals surface area contributed by atoms with Gasteiger partial charge in [0.25, 0.3) is 5.97 Å². The molecule has 0 heterocycles. The van der Waals surface area contributed by atoms with E-state index in [2.05, 4.69) is 41.5 Å². The van der Waals surface area contributed by atoms with Crippen LogP contribution < -0.4 is 0 Å². The zero-order valence-electron chi connectivity index (χ0n) is 13.0. The number of carbonyl (C=O) groups is 1. The van der Waals surface area contributed by atoms with Crippen molar-refractivity contribution in [1.29, 1.82) is 0 Å². The topological polar surface area (TPSA) is 26.3 Å². The molecule has 0 unspecified atom stereocenters. The second kappa shape index (κ2) is 5.91. The second-order valence-corrected chi connectivity index (χ2v) is 11.7. The van der Waals surface area contributed by atoms with Crippen molar-refractivity contribution < 1.29 is 9.22 Å². The molecule has 0 aromatic heterocycles. The van der Waals surface area contributed by atoms with Crippen LogP contribution in [0.5, 0.6) is 0 Å².